The largest absolute Gasteiger partial charge is 0.380 e. The first-order valence-electron chi connectivity index (χ1n) is 8.25. The van der Waals surface area contributed by atoms with E-state index in [1.165, 1.54) is 6.07 Å². The second-order valence-electron chi connectivity index (χ2n) is 5.76. The summed E-state index contributed by atoms with van der Waals surface area (Å²) in [6.45, 7) is 4.82. The quantitative estimate of drug-likeness (QED) is 0.473. The molecule has 0 bridgehead atoms. The molecule has 2 aromatic heterocycles. The van der Waals surface area contributed by atoms with E-state index in [2.05, 4.69) is 20.4 Å². The van der Waals surface area contributed by atoms with Gasteiger partial charge in [-0.3, -0.25) is 9.48 Å². The second kappa shape index (κ2) is 7.85. The molecule has 1 aromatic carbocycles. The summed E-state index contributed by atoms with van der Waals surface area (Å²) in [7, 11) is 0. The van der Waals surface area contributed by atoms with Gasteiger partial charge in [0.15, 0.2) is 11.5 Å². The first-order chi connectivity index (χ1) is 12.9. The number of hydrogen-bond donors (Lipinski definition) is 2. The van der Waals surface area contributed by atoms with Gasteiger partial charge in [-0.25, -0.2) is 9.37 Å². The number of rotatable bonds is 7. The van der Waals surface area contributed by atoms with Gasteiger partial charge in [-0.2, -0.15) is 10.1 Å². The third kappa shape index (κ3) is 3.99. The standard InChI is InChI=1S/C17H18ClFN6O2/c1-3-27-7-6-25-14-12(13(24-25)15(20)26)22-17(18)23-16(14)21-10-4-5-11(19)9(2)8-10/h4-5,8H,3,6-7H2,1-2H3,(H2,20,26)(H,21,22,23). The number of nitrogens with two attached hydrogens (primary N) is 1. The highest BCUT2D eigenvalue weighted by molar-refractivity contribution is 6.29. The number of anilines is 2. The lowest BCUT2D eigenvalue weighted by atomic mass is 10.2. The number of carbonyl (C=O) groups is 1. The molecular formula is C17H18ClFN6O2. The van der Waals surface area contributed by atoms with Gasteiger partial charge in [0.1, 0.15) is 16.9 Å². The molecule has 0 aliphatic rings. The number of benzene rings is 1. The van der Waals surface area contributed by atoms with Crippen molar-refractivity contribution in [2.24, 2.45) is 5.73 Å². The van der Waals surface area contributed by atoms with E-state index in [1.54, 1.807) is 23.7 Å². The van der Waals surface area contributed by atoms with Crippen molar-refractivity contribution < 1.29 is 13.9 Å². The fourth-order valence-corrected chi connectivity index (χ4v) is 2.79. The van der Waals surface area contributed by atoms with Crippen molar-refractivity contribution in [3.05, 3.63) is 40.6 Å². The molecule has 0 saturated carbocycles. The Morgan fingerprint density at radius 3 is 2.85 bits per heavy atom. The predicted octanol–water partition coefficient (Wildman–Crippen LogP) is 2.81. The van der Waals surface area contributed by atoms with Crippen LogP contribution in [0.5, 0.6) is 0 Å². The van der Waals surface area contributed by atoms with Gasteiger partial charge < -0.3 is 15.8 Å². The first-order valence-corrected chi connectivity index (χ1v) is 8.63. The summed E-state index contributed by atoms with van der Waals surface area (Å²) in [5.41, 5.74) is 7.18. The van der Waals surface area contributed by atoms with E-state index in [0.29, 0.717) is 42.3 Å². The lowest BCUT2D eigenvalue weighted by molar-refractivity contribution is 0.0994. The Labute approximate surface area is 159 Å². The molecule has 0 aliphatic heterocycles. The molecule has 10 heteroatoms. The van der Waals surface area contributed by atoms with Crippen LogP contribution in [0.25, 0.3) is 11.0 Å². The monoisotopic (exact) mass is 392 g/mol. The molecule has 0 aliphatic carbocycles. The third-order valence-electron chi connectivity index (χ3n) is 3.87. The zero-order valence-corrected chi connectivity index (χ0v) is 15.5. The Morgan fingerprint density at radius 1 is 1.41 bits per heavy atom. The zero-order valence-electron chi connectivity index (χ0n) is 14.8. The maximum Gasteiger partial charge on any atom is 0.271 e. The number of halogens is 2. The van der Waals surface area contributed by atoms with Gasteiger partial charge in [0.25, 0.3) is 5.91 Å². The SMILES string of the molecule is CCOCCn1nc(C(N)=O)c2nc(Cl)nc(Nc3ccc(F)c(C)c3)c21. The van der Waals surface area contributed by atoms with E-state index in [1.807, 2.05) is 6.92 Å². The summed E-state index contributed by atoms with van der Waals surface area (Å²) in [6, 6.07) is 4.55. The van der Waals surface area contributed by atoms with Crippen LogP contribution in [0.3, 0.4) is 0 Å². The molecule has 3 rings (SSSR count). The molecule has 0 fully saturated rings. The van der Waals surface area contributed by atoms with Gasteiger partial charge in [0.2, 0.25) is 5.28 Å². The van der Waals surface area contributed by atoms with Crippen LogP contribution < -0.4 is 11.1 Å². The molecule has 2 heterocycles. The van der Waals surface area contributed by atoms with Crippen LogP contribution in [-0.2, 0) is 11.3 Å². The lowest BCUT2D eigenvalue weighted by Gasteiger charge is -2.11. The Kier molecular flexibility index (Phi) is 5.52. The molecule has 0 unspecified atom stereocenters. The van der Waals surface area contributed by atoms with Crippen LogP contribution in [0.15, 0.2) is 18.2 Å². The lowest BCUT2D eigenvalue weighted by Crippen LogP contribution is -2.14. The number of amides is 1. The average Bonchev–Trinajstić information content (AvgIpc) is 2.97. The number of fused-ring (bicyclic) bond motifs is 1. The number of nitrogens with zero attached hydrogens (tertiary/aromatic N) is 4. The fourth-order valence-electron chi connectivity index (χ4n) is 2.62. The molecular weight excluding hydrogens is 375 g/mol. The highest BCUT2D eigenvalue weighted by Crippen LogP contribution is 2.28. The molecule has 142 valence electrons. The smallest absolute Gasteiger partial charge is 0.271 e. The highest BCUT2D eigenvalue weighted by Gasteiger charge is 2.21. The highest BCUT2D eigenvalue weighted by atomic mass is 35.5. The van der Waals surface area contributed by atoms with E-state index in [9.17, 15) is 9.18 Å². The van der Waals surface area contributed by atoms with Crippen molar-refractivity contribution in [2.45, 2.75) is 20.4 Å². The summed E-state index contributed by atoms with van der Waals surface area (Å²) in [5, 5.41) is 7.25. The van der Waals surface area contributed by atoms with Gasteiger partial charge in [0, 0.05) is 12.3 Å². The average molecular weight is 393 g/mol. The third-order valence-corrected chi connectivity index (χ3v) is 4.03. The Hall–Kier alpha value is -2.78. The van der Waals surface area contributed by atoms with E-state index in [0.717, 1.165) is 0 Å². The Bertz CT molecular complexity index is 1010. The molecule has 1 amide bonds. The molecule has 0 atom stereocenters. The molecule has 0 saturated heterocycles. The van der Waals surface area contributed by atoms with Crippen LogP contribution in [0, 0.1) is 12.7 Å². The minimum atomic E-state index is -0.728. The van der Waals surface area contributed by atoms with Gasteiger partial charge in [-0.05, 0) is 49.2 Å². The maximum atomic E-state index is 13.5. The molecule has 0 spiro atoms. The van der Waals surface area contributed by atoms with Crippen molar-refractivity contribution in [1.82, 2.24) is 19.7 Å². The van der Waals surface area contributed by atoms with Crippen molar-refractivity contribution in [2.75, 3.05) is 18.5 Å². The number of carbonyl (C=O) groups excluding carboxylic acids is 1. The minimum Gasteiger partial charge on any atom is -0.380 e. The number of hydrogen-bond acceptors (Lipinski definition) is 6. The van der Waals surface area contributed by atoms with Gasteiger partial charge in [-0.15, -0.1) is 0 Å². The number of primary amides is 1. The molecule has 27 heavy (non-hydrogen) atoms. The number of nitrogens with one attached hydrogen (secondary N) is 1. The van der Waals surface area contributed by atoms with Crippen LogP contribution in [0.2, 0.25) is 5.28 Å². The van der Waals surface area contributed by atoms with Crippen molar-refractivity contribution in [3.8, 4) is 0 Å². The normalized spacial score (nSPS) is 11.1. The summed E-state index contributed by atoms with van der Waals surface area (Å²) >= 11 is 6.02. The summed E-state index contributed by atoms with van der Waals surface area (Å²) in [5.74, 6) is -0.717. The maximum absolute atomic E-state index is 13.5. The Morgan fingerprint density at radius 2 is 2.19 bits per heavy atom. The van der Waals surface area contributed by atoms with Crippen LogP contribution in [-0.4, -0.2) is 38.9 Å². The predicted molar refractivity (Wildman–Crippen MR) is 99.8 cm³/mol. The van der Waals surface area contributed by atoms with Gasteiger partial charge in [-0.1, -0.05) is 0 Å². The van der Waals surface area contributed by atoms with Crippen LogP contribution >= 0.6 is 11.6 Å². The molecule has 3 aromatic rings. The molecule has 0 radical (unpaired) electrons. The summed E-state index contributed by atoms with van der Waals surface area (Å²) < 4.78 is 20.4. The van der Waals surface area contributed by atoms with Crippen molar-refractivity contribution >= 4 is 40.0 Å². The van der Waals surface area contributed by atoms with E-state index in [4.69, 9.17) is 22.1 Å². The summed E-state index contributed by atoms with van der Waals surface area (Å²) in [6.07, 6.45) is 0. The van der Waals surface area contributed by atoms with E-state index >= 15 is 0 Å². The van der Waals surface area contributed by atoms with E-state index in [-0.39, 0.29) is 22.3 Å². The second-order valence-corrected chi connectivity index (χ2v) is 6.10. The van der Waals surface area contributed by atoms with Crippen molar-refractivity contribution in [3.63, 3.8) is 0 Å². The number of ether oxygens (including phenoxy) is 1. The number of aryl methyl sites for hydroxylation is 1. The topological polar surface area (TPSA) is 108 Å². The van der Waals surface area contributed by atoms with Crippen molar-refractivity contribution in [1.29, 1.82) is 0 Å². The van der Waals surface area contributed by atoms with E-state index < -0.39 is 5.91 Å². The van der Waals surface area contributed by atoms with Gasteiger partial charge >= 0.3 is 0 Å². The van der Waals surface area contributed by atoms with Crippen LogP contribution in [0.1, 0.15) is 23.0 Å². The minimum absolute atomic E-state index is 0.0101. The molecule has 8 nitrogen and oxygen atoms in total. The fraction of sp³-hybridized carbons (Fsp3) is 0.294. The first kappa shape index (κ1) is 19.0. The number of aromatic nitrogens is 4. The molecule has 3 N–H and O–H groups in total. The van der Waals surface area contributed by atoms with Crippen LogP contribution in [0.4, 0.5) is 15.9 Å². The van der Waals surface area contributed by atoms with Gasteiger partial charge in [0.05, 0.1) is 13.2 Å². The Balaban J connectivity index is 2.12. The zero-order chi connectivity index (χ0) is 19.6. The summed E-state index contributed by atoms with van der Waals surface area (Å²) in [4.78, 5) is 20.1.